The molecule has 1 fully saturated rings. The van der Waals surface area contributed by atoms with Crippen LogP contribution in [0.25, 0.3) is 0 Å². The van der Waals surface area contributed by atoms with E-state index in [4.69, 9.17) is 0 Å². The lowest BCUT2D eigenvalue weighted by atomic mass is 10.1. The van der Waals surface area contributed by atoms with Crippen molar-refractivity contribution in [3.05, 3.63) is 17.5 Å². The van der Waals surface area contributed by atoms with E-state index in [2.05, 4.69) is 17.3 Å². The van der Waals surface area contributed by atoms with E-state index >= 15 is 0 Å². The second kappa shape index (κ2) is 7.99. The third-order valence-electron chi connectivity index (χ3n) is 5.10. The van der Waals surface area contributed by atoms with Gasteiger partial charge in [-0.2, -0.15) is 5.10 Å². The van der Waals surface area contributed by atoms with Crippen LogP contribution in [0.1, 0.15) is 72.8 Å². The van der Waals surface area contributed by atoms with Gasteiger partial charge in [0.1, 0.15) is 5.69 Å². The average molecular weight is 348 g/mol. The SMILES string of the molecule is CCCN(C(=O)c1cc2n(n1)CC(O)CNC2=O)C1CCCCCC1. The number of carbonyl (C=O) groups excluding carboxylic acids is 2. The summed E-state index contributed by atoms with van der Waals surface area (Å²) < 4.78 is 1.46. The topological polar surface area (TPSA) is 87.5 Å². The molecule has 0 saturated heterocycles. The fourth-order valence-electron chi connectivity index (χ4n) is 3.82. The maximum atomic E-state index is 13.1. The lowest BCUT2D eigenvalue weighted by Crippen LogP contribution is -2.41. The van der Waals surface area contributed by atoms with Crippen LogP contribution < -0.4 is 5.32 Å². The van der Waals surface area contributed by atoms with E-state index in [0.29, 0.717) is 17.9 Å². The van der Waals surface area contributed by atoms with E-state index in [-0.39, 0.29) is 30.9 Å². The molecule has 7 heteroatoms. The summed E-state index contributed by atoms with van der Waals surface area (Å²) in [6.45, 7) is 3.21. The maximum Gasteiger partial charge on any atom is 0.274 e. The van der Waals surface area contributed by atoms with Crippen molar-refractivity contribution in [2.75, 3.05) is 13.1 Å². The molecule has 138 valence electrons. The average Bonchev–Trinajstić information content (AvgIpc) is 2.77. The van der Waals surface area contributed by atoms with Gasteiger partial charge < -0.3 is 15.3 Å². The molecule has 1 unspecified atom stereocenters. The lowest BCUT2D eigenvalue weighted by molar-refractivity contribution is 0.0652. The Morgan fingerprint density at radius 3 is 2.76 bits per heavy atom. The van der Waals surface area contributed by atoms with E-state index in [1.807, 2.05) is 4.90 Å². The molecule has 25 heavy (non-hydrogen) atoms. The van der Waals surface area contributed by atoms with Gasteiger partial charge >= 0.3 is 0 Å². The third kappa shape index (κ3) is 4.03. The van der Waals surface area contributed by atoms with Crippen LogP contribution >= 0.6 is 0 Å². The number of aliphatic hydroxyl groups excluding tert-OH is 1. The van der Waals surface area contributed by atoms with Gasteiger partial charge in [-0.25, -0.2) is 0 Å². The number of β-amino-alcohol motifs (C(OH)–C–C–N with tert-alkyl or cyclic N) is 1. The Labute approximate surface area is 148 Å². The van der Waals surface area contributed by atoms with Crippen molar-refractivity contribution in [3.8, 4) is 0 Å². The minimum Gasteiger partial charge on any atom is -0.389 e. The fourth-order valence-corrected chi connectivity index (χ4v) is 3.82. The molecule has 2 aliphatic rings. The molecule has 1 aliphatic heterocycles. The zero-order valence-electron chi connectivity index (χ0n) is 14.9. The lowest BCUT2D eigenvalue weighted by Gasteiger charge is -2.30. The molecule has 1 aliphatic carbocycles. The summed E-state index contributed by atoms with van der Waals surface area (Å²) in [6.07, 6.45) is 7.08. The summed E-state index contributed by atoms with van der Waals surface area (Å²) in [5.74, 6) is -0.392. The number of aromatic nitrogens is 2. The monoisotopic (exact) mass is 348 g/mol. The molecule has 1 saturated carbocycles. The predicted octanol–water partition coefficient (Wildman–Crippen LogP) is 1.56. The summed E-state index contributed by atoms with van der Waals surface area (Å²) in [7, 11) is 0. The zero-order chi connectivity index (χ0) is 17.8. The van der Waals surface area contributed by atoms with Crippen molar-refractivity contribution in [2.24, 2.45) is 0 Å². The zero-order valence-corrected chi connectivity index (χ0v) is 14.9. The number of fused-ring (bicyclic) bond motifs is 1. The van der Waals surface area contributed by atoms with Gasteiger partial charge in [0.05, 0.1) is 12.6 Å². The highest BCUT2D eigenvalue weighted by Gasteiger charge is 2.29. The van der Waals surface area contributed by atoms with Crippen molar-refractivity contribution < 1.29 is 14.7 Å². The quantitative estimate of drug-likeness (QED) is 0.809. The summed E-state index contributed by atoms with van der Waals surface area (Å²) >= 11 is 0. The van der Waals surface area contributed by atoms with Crippen LogP contribution in [0.2, 0.25) is 0 Å². The number of hydrogen-bond acceptors (Lipinski definition) is 4. The minimum atomic E-state index is -0.693. The van der Waals surface area contributed by atoms with Gasteiger partial charge in [0.2, 0.25) is 0 Å². The molecular formula is C18H28N4O3. The second-order valence-electron chi connectivity index (χ2n) is 7.10. The first-order valence-corrected chi connectivity index (χ1v) is 9.45. The molecule has 7 nitrogen and oxygen atoms in total. The van der Waals surface area contributed by atoms with Crippen LogP contribution in [0, 0.1) is 0 Å². The molecule has 0 spiro atoms. The van der Waals surface area contributed by atoms with Crippen LogP contribution in [0.15, 0.2) is 6.07 Å². The van der Waals surface area contributed by atoms with Crippen molar-refractivity contribution in [3.63, 3.8) is 0 Å². The Balaban J connectivity index is 1.83. The molecule has 2 amide bonds. The fraction of sp³-hybridized carbons (Fsp3) is 0.722. The summed E-state index contributed by atoms with van der Waals surface area (Å²) in [5.41, 5.74) is 0.647. The first kappa shape index (κ1) is 17.9. The number of nitrogens with one attached hydrogen (secondary N) is 1. The van der Waals surface area contributed by atoms with Crippen molar-refractivity contribution in [1.29, 1.82) is 0 Å². The second-order valence-corrected chi connectivity index (χ2v) is 7.10. The van der Waals surface area contributed by atoms with Crippen molar-refractivity contribution >= 4 is 11.8 Å². The highest BCUT2D eigenvalue weighted by atomic mass is 16.3. The molecule has 0 aromatic carbocycles. The molecule has 3 rings (SSSR count). The third-order valence-corrected chi connectivity index (χ3v) is 5.10. The van der Waals surface area contributed by atoms with Crippen LogP contribution in [-0.4, -0.2) is 56.8 Å². The molecule has 2 N–H and O–H groups in total. The number of nitrogens with zero attached hydrogens (tertiary/aromatic N) is 3. The van der Waals surface area contributed by atoms with Crippen LogP contribution in [0.5, 0.6) is 0 Å². The van der Waals surface area contributed by atoms with Crippen LogP contribution in [0.3, 0.4) is 0 Å². The van der Waals surface area contributed by atoms with Crippen LogP contribution in [0.4, 0.5) is 0 Å². The van der Waals surface area contributed by atoms with Gasteiger partial charge in [-0.05, 0) is 19.3 Å². The molecular weight excluding hydrogens is 320 g/mol. The van der Waals surface area contributed by atoms with Gasteiger partial charge in [0, 0.05) is 25.2 Å². The molecule has 1 aromatic rings. The largest absolute Gasteiger partial charge is 0.389 e. The summed E-state index contributed by atoms with van der Waals surface area (Å²) in [6, 6.07) is 1.82. The number of hydrogen-bond donors (Lipinski definition) is 2. The smallest absolute Gasteiger partial charge is 0.274 e. The number of carbonyl (C=O) groups is 2. The minimum absolute atomic E-state index is 0.100. The van der Waals surface area contributed by atoms with Crippen molar-refractivity contribution in [1.82, 2.24) is 20.0 Å². The predicted molar refractivity (Wildman–Crippen MR) is 93.4 cm³/mol. The van der Waals surface area contributed by atoms with Crippen LogP contribution in [-0.2, 0) is 6.54 Å². The number of rotatable bonds is 4. The first-order chi connectivity index (χ1) is 12.1. The summed E-state index contributed by atoms with van der Waals surface area (Å²) in [5, 5.41) is 16.9. The summed E-state index contributed by atoms with van der Waals surface area (Å²) in [4.78, 5) is 27.2. The Hall–Kier alpha value is -1.89. The van der Waals surface area contributed by atoms with Gasteiger partial charge in [0.25, 0.3) is 11.8 Å². The maximum absolute atomic E-state index is 13.1. The molecule has 0 bridgehead atoms. The van der Waals surface area contributed by atoms with E-state index < -0.39 is 6.10 Å². The molecule has 1 atom stereocenters. The number of amides is 2. The van der Waals surface area contributed by atoms with Gasteiger partial charge in [0.15, 0.2) is 5.69 Å². The Bertz CT molecular complexity index is 620. The first-order valence-electron chi connectivity index (χ1n) is 9.45. The van der Waals surface area contributed by atoms with Gasteiger partial charge in [-0.1, -0.05) is 32.6 Å². The van der Waals surface area contributed by atoms with Crippen molar-refractivity contribution in [2.45, 2.75) is 70.6 Å². The highest BCUT2D eigenvalue weighted by Crippen LogP contribution is 2.24. The molecule has 2 heterocycles. The molecule has 0 radical (unpaired) electrons. The van der Waals surface area contributed by atoms with E-state index in [1.54, 1.807) is 6.07 Å². The normalized spacial score (nSPS) is 21.8. The highest BCUT2D eigenvalue weighted by molar-refractivity contribution is 5.98. The standard InChI is InChI=1S/C18H28N4O3/c1-2-9-21(13-7-5-3-4-6-8-13)18(25)15-10-16-17(24)19-11-14(23)12-22(16)20-15/h10,13-14,23H,2-9,11-12H2,1H3,(H,19,24). The Morgan fingerprint density at radius 2 is 2.08 bits per heavy atom. The molecule has 1 aromatic heterocycles. The Kier molecular flexibility index (Phi) is 5.73. The van der Waals surface area contributed by atoms with E-state index in [0.717, 1.165) is 32.1 Å². The van der Waals surface area contributed by atoms with E-state index in [9.17, 15) is 14.7 Å². The van der Waals surface area contributed by atoms with Gasteiger partial charge in [-0.3, -0.25) is 14.3 Å². The Morgan fingerprint density at radius 1 is 1.36 bits per heavy atom. The van der Waals surface area contributed by atoms with Gasteiger partial charge in [-0.15, -0.1) is 0 Å². The number of aliphatic hydroxyl groups is 1. The van der Waals surface area contributed by atoms with E-state index in [1.165, 1.54) is 17.5 Å².